The molecule has 0 N–H and O–H groups in total. The van der Waals surface area contributed by atoms with Crippen molar-refractivity contribution in [1.82, 2.24) is 14.4 Å². The van der Waals surface area contributed by atoms with Crippen molar-refractivity contribution in [2.24, 2.45) is 0 Å². The van der Waals surface area contributed by atoms with Gasteiger partial charge in [0.2, 0.25) is 0 Å². The molecule has 0 bridgehead atoms. The van der Waals surface area contributed by atoms with Crippen LogP contribution in [0.5, 0.6) is 0 Å². The molecule has 0 spiro atoms. The lowest BCUT2D eigenvalue weighted by atomic mass is 10.3. The molecule has 0 saturated carbocycles. The lowest BCUT2D eigenvalue weighted by Gasteiger charge is -1.92. The highest BCUT2D eigenvalue weighted by molar-refractivity contribution is 9.10. The van der Waals surface area contributed by atoms with E-state index in [-0.39, 0.29) is 5.78 Å². The molecule has 0 aliphatic rings. The molecule has 2 aromatic rings. The Kier molecular flexibility index (Phi) is 1.88. The molecule has 0 fully saturated rings. The Balaban J connectivity index is 2.85. The summed E-state index contributed by atoms with van der Waals surface area (Å²) in [6.45, 7) is 1.49. The van der Waals surface area contributed by atoms with E-state index in [1.807, 2.05) is 0 Å². The third-order valence-corrected chi connectivity index (χ3v) is 2.30. The summed E-state index contributed by atoms with van der Waals surface area (Å²) in [5.74, 6) is -0.0591. The second-order valence-electron chi connectivity index (χ2n) is 2.62. The van der Waals surface area contributed by atoms with E-state index in [4.69, 9.17) is 0 Å². The number of carbonyl (C=O) groups is 1. The summed E-state index contributed by atoms with van der Waals surface area (Å²) in [4.78, 5) is 19.2. The minimum absolute atomic E-state index is 0.0591. The first kappa shape index (κ1) is 8.37. The van der Waals surface area contributed by atoms with E-state index in [9.17, 15) is 4.79 Å². The number of rotatable bonds is 1. The summed E-state index contributed by atoms with van der Waals surface area (Å²) < 4.78 is 2.39. The monoisotopic (exact) mass is 239 g/mol. The minimum Gasteiger partial charge on any atom is -0.293 e. The molecule has 5 heteroatoms. The maximum Gasteiger partial charge on any atom is 0.182 e. The van der Waals surface area contributed by atoms with Crippen LogP contribution in [-0.4, -0.2) is 20.2 Å². The van der Waals surface area contributed by atoms with Crippen molar-refractivity contribution >= 4 is 27.2 Å². The van der Waals surface area contributed by atoms with Crippen molar-refractivity contribution in [3.63, 3.8) is 0 Å². The SMILES string of the molecule is CC(=O)c1nc(Br)n2ccncc12. The number of fused-ring (bicyclic) bond motifs is 1. The molecular formula is C8H6BrN3O. The first-order chi connectivity index (χ1) is 6.20. The topological polar surface area (TPSA) is 47.3 Å². The second-order valence-corrected chi connectivity index (χ2v) is 3.33. The number of Topliss-reactive ketones (excluding diaryl/α,β-unsaturated/α-hetero) is 1. The quantitative estimate of drug-likeness (QED) is 0.712. The van der Waals surface area contributed by atoms with Crippen molar-refractivity contribution in [2.45, 2.75) is 6.92 Å². The summed E-state index contributed by atoms with van der Waals surface area (Å²) in [7, 11) is 0. The zero-order valence-corrected chi connectivity index (χ0v) is 8.45. The Morgan fingerprint density at radius 2 is 2.38 bits per heavy atom. The third-order valence-electron chi connectivity index (χ3n) is 1.74. The van der Waals surface area contributed by atoms with Gasteiger partial charge in [-0.15, -0.1) is 0 Å². The van der Waals surface area contributed by atoms with E-state index in [2.05, 4.69) is 25.9 Å². The number of carbonyl (C=O) groups excluding carboxylic acids is 1. The van der Waals surface area contributed by atoms with Gasteiger partial charge in [0, 0.05) is 19.3 Å². The Morgan fingerprint density at radius 3 is 3.08 bits per heavy atom. The zero-order valence-electron chi connectivity index (χ0n) is 6.86. The molecule has 66 valence electrons. The number of aromatic nitrogens is 3. The molecule has 2 aromatic heterocycles. The van der Waals surface area contributed by atoms with Crippen molar-refractivity contribution in [3.05, 3.63) is 29.0 Å². The number of halogens is 1. The fourth-order valence-corrected chi connectivity index (χ4v) is 1.65. The highest BCUT2D eigenvalue weighted by Gasteiger charge is 2.11. The van der Waals surface area contributed by atoms with E-state index in [0.717, 1.165) is 5.52 Å². The van der Waals surface area contributed by atoms with Gasteiger partial charge in [0.15, 0.2) is 10.5 Å². The maximum absolute atomic E-state index is 11.1. The number of nitrogens with zero attached hydrogens (tertiary/aromatic N) is 3. The summed E-state index contributed by atoms with van der Waals surface area (Å²) in [5, 5.41) is 0. The smallest absolute Gasteiger partial charge is 0.182 e. The molecule has 0 atom stereocenters. The van der Waals surface area contributed by atoms with Crippen molar-refractivity contribution in [2.75, 3.05) is 0 Å². The Morgan fingerprint density at radius 1 is 1.62 bits per heavy atom. The van der Waals surface area contributed by atoms with Crippen LogP contribution in [0.4, 0.5) is 0 Å². The van der Waals surface area contributed by atoms with Gasteiger partial charge in [-0.3, -0.25) is 14.2 Å². The van der Waals surface area contributed by atoms with Crippen LogP contribution >= 0.6 is 15.9 Å². The van der Waals surface area contributed by atoms with Gasteiger partial charge in [-0.2, -0.15) is 0 Å². The van der Waals surface area contributed by atoms with E-state index < -0.39 is 0 Å². The molecular weight excluding hydrogens is 234 g/mol. The summed E-state index contributed by atoms with van der Waals surface area (Å²) in [5.41, 5.74) is 1.17. The number of ketones is 1. The van der Waals surface area contributed by atoms with Crippen molar-refractivity contribution in [1.29, 1.82) is 0 Å². The van der Waals surface area contributed by atoms with E-state index in [1.54, 1.807) is 23.0 Å². The van der Waals surface area contributed by atoms with Gasteiger partial charge in [-0.1, -0.05) is 0 Å². The highest BCUT2D eigenvalue weighted by Crippen LogP contribution is 2.16. The molecule has 13 heavy (non-hydrogen) atoms. The molecule has 0 saturated heterocycles. The van der Waals surface area contributed by atoms with Crippen LogP contribution < -0.4 is 0 Å². The van der Waals surface area contributed by atoms with Crippen molar-refractivity contribution in [3.8, 4) is 0 Å². The average molecular weight is 240 g/mol. The predicted molar refractivity (Wildman–Crippen MR) is 50.7 cm³/mol. The first-order valence-electron chi connectivity index (χ1n) is 3.68. The highest BCUT2D eigenvalue weighted by atomic mass is 79.9. The number of hydrogen-bond donors (Lipinski definition) is 0. The standard InChI is InChI=1S/C8H6BrN3O/c1-5(13)7-6-4-10-2-3-12(6)8(9)11-7/h2-4H,1H3. The molecule has 2 rings (SSSR count). The zero-order chi connectivity index (χ0) is 9.42. The molecule has 0 aromatic carbocycles. The largest absolute Gasteiger partial charge is 0.293 e. The molecule has 2 heterocycles. The predicted octanol–water partition coefficient (Wildman–Crippen LogP) is 1.69. The van der Waals surface area contributed by atoms with Crippen LogP contribution in [0.1, 0.15) is 17.4 Å². The van der Waals surface area contributed by atoms with Gasteiger partial charge in [-0.25, -0.2) is 4.98 Å². The molecule has 0 aliphatic carbocycles. The lowest BCUT2D eigenvalue weighted by Crippen LogP contribution is -1.93. The number of hydrogen-bond acceptors (Lipinski definition) is 3. The van der Waals surface area contributed by atoms with Gasteiger partial charge >= 0.3 is 0 Å². The Labute approximate surface area is 82.7 Å². The first-order valence-corrected chi connectivity index (χ1v) is 4.48. The molecule has 0 amide bonds. The van der Waals surface area contributed by atoms with Crippen LogP contribution in [0.3, 0.4) is 0 Å². The summed E-state index contributed by atoms with van der Waals surface area (Å²) >= 11 is 3.26. The summed E-state index contributed by atoms with van der Waals surface area (Å²) in [6, 6.07) is 0. The molecule has 0 aliphatic heterocycles. The number of imidazole rings is 1. The average Bonchev–Trinajstić information content (AvgIpc) is 2.45. The second kappa shape index (κ2) is 2.92. The van der Waals surface area contributed by atoms with Crippen LogP contribution in [0.15, 0.2) is 23.3 Å². The summed E-state index contributed by atoms with van der Waals surface area (Å²) in [6.07, 6.45) is 5.01. The fourth-order valence-electron chi connectivity index (χ4n) is 1.16. The third kappa shape index (κ3) is 1.25. The van der Waals surface area contributed by atoms with Gasteiger partial charge < -0.3 is 0 Å². The normalized spacial score (nSPS) is 10.6. The van der Waals surface area contributed by atoms with E-state index in [0.29, 0.717) is 10.4 Å². The minimum atomic E-state index is -0.0591. The van der Waals surface area contributed by atoms with Gasteiger partial charge in [0.1, 0.15) is 5.69 Å². The Hall–Kier alpha value is -1.23. The van der Waals surface area contributed by atoms with Crippen molar-refractivity contribution < 1.29 is 4.79 Å². The van der Waals surface area contributed by atoms with Gasteiger partial charge in [0.05, 0.1) is 11.7 Å². The van der Waals surface area contributed by atoms with Crippen LogP contribution in [0, 0.1) is 0 Å². The van der Waals surface area contributed by atoms with E-state index in [1.165, 1.54) is 6.92 Å². The van der Waals surface area contributed by atoms with Crippen LogP contribution in [0.25, 0.3) is 5.52 Å². The van der Waals surface area contributed by atoms with Crippen LogP contribution in [-0.2, 0) is 0 Å². The fraction of sp³-hybridized carbons (Fsp3) is 0.125. The van der Waals surface area contributed by atoms with Gasteiger partial charge in [0.25, 0.3) is 0 Å². The lowest BCUT2D eigenvalue weighted by molar-refractivity contribution is 0.101. The maximum atomic E-state index is 11.1. The molecule has 0 unspecified atom stereocenters. The van der Waals surface area contributed by atoms with Gasteiger partial charge in [-0.05, 0) is 15.9 Å². The van der Waals surface area contributed by atoms with Crippen LogP contribution in [0.2, 0.25) is 0 Å². The van der Waals surface area contributed by atoms with E-state index >= 15 is 0 Å². The Bertz CT molecular complexity index is 477. The molecule has 4 nitrogen and oxygen atoms in total. The molecule has 0 radical (unpaired) electrons.